The lowest BCUT2D eigenvalue weighted by atomic mass is 9.67. The van der Waals surface area contributed by atoms with Crippen LogP contribution in [0.1, 0.15) is 58.3 Å². The minimum atomic E-state index is 0.400. The molecule has 2 unspecified atom stereocenters. The Bertz CT molecular complexity index is 203. The van der Waals surface area contributed by atoms with Gasteiger partial charge in [-0.15, -0.1) is 0 Å². The largest absolute Gasteiger partial charge is 0.303 e. The van der Waals surface area contributed by atoms with E-state index in [1.165, 1.54) is 57.7 Å². The van der Waals surface area contributed by atoms with Crippen LogP contribution in [0.3, 0.4) is 0 Å². The average molecular weight is 208 g/mol. The Morgan fingerprint density at radius 2 is 1.60 bits per heavy atom. The first kappa shape index (κ1) is 11.2. The number of rotatable bonds is 2. The number of carbonyl (C=O) groups is 1. The molecule has 0 spiro atoms. The van der Waals surface area contributed by atoms with Crippen LogP contribution >= 0.6 is 0 Å². The van der Waals surface area contributed by atoms with Crippen LogP contribution in [0, 0.1) is 23.7 Å². The molecule has 0 aromatic heterocycles. The lowest BCUT2D eigenvalue weighted by Crippen LogP contribution is -2.30. The van der Waals surface area contributed by atoms with Gasteiger partial charge in [0.25, 0.3) is 0 Å². The van der Waals surface area contributed by atoms with Crippen molar-refractivity contribution in [2.24, 2.45) is 23.7 Å². The molecule has 2 saturated carbocycles. The third kappa shape index (κ3) is 2.62. The van der Waals surface area contributed by atoms with Crippen LogP contribution < -0.4 is 0 Å². The number of hydrogen-bond donors (Lipinski definition) is 0. The molecule has 0 aromatic rings. The van der Waals surface area contributed by atoms with Crippen LogP contribution in [0.2, 0.25) is 0 Å². The van der Waals surface area contributed by atoms with E-state index in [1.54, 1.807) is 0 Å². The van der Waals surface area contributed by atoms with Gasteiger partial charge in [0.15, 0.2) is 0 Å². The maximum Gasteiger partial charge on any atom is 0.123 e. The predicted octanol–water partition coefficient (Wildman–Crippen LogP) is 3.82. The highest BCUT2D eigenvalue weighted by molar-refractivity contribution is 5.54. The SMILES string of the molecule is CC1CCC(C2CCCCC2C=O)CC1. The summed E-state index contributed by atoms with van der Waals surface area (Å²) in [5.74, 6) is 2.94. The summed E-state index contributed by atoms with van der Waals surface area (Å²) >= 11 is 0. The zero-order valence-electron chi connectivity index (χ0n) is 9.95. The van der Waals surface area contributed by atoms with Gasteiger partial charge in [0, 0.05) is 5.92 Å². The molecule has 1 nitrogen and oxygen atoms in total. The summed E-state index contributed by atoms with van der Waals surface area (Å²) in [6.45, 7) is 2.37. The van der Waals surface area contributed by atoms with Crippen molar-refractivity contribution in [3.8, 4) is 0 Å². The summed E-state index contributed by atoms with van der Waals surface area (Å²) < 4.78 is 0. The Hall–Kier alpha value is -0.330. The van der Waals surface area contributed by atoms with Crippen molar-refractivity contribution in [1.82, 2.24) is 0 Å². The molecule has 0 N–H and O–H groups in total. The lowest BCUT2D eigenvalue weighted by molar-refractivity contribution is -0.114. The molecule has 1 heteroatoms. The van der Waals surface area contributed by atoms with Crippen molar-refractivity contribution in [3.05, 3.63) is 0 Å². The minimum Gasteiger partial charge on any atom is -0.303 e. The molecule has 2 atom stereocenters. The summed E-state index contributed by atoms with van der Waals surface area (Å²) in [6, 6.07) is 0. The quantitative estimate of drug-likeness (QED) is 0.630. The first-order valence-corrected chi connectivity index (χ1v) is 6.76. The highest BCUT2D eigenvalue weighted by atomic mass is 16.1. The Labute approximate surface area is 93.6 Å². The molecule has 2 aliphatic rings. The molecule has 0 aromatic carbocycles. The van der Waals surface area contributed by atoms with Gasteiger partial charge in [-0.05, 0) is 43.4 Å². The van der Waals surface area contributed by atoms with Gasteiger partial charge in [0.1, 0.15) is 6.29 Å². The van der Waals surface area contributed by atoms with E-state index in [1.807, 2.05) is 0 Å². The molecule has 86 valence electrons. The Kier molecular flexibility index (Phi) is 3.82. The van der Waals surface area contributed by atoms with E-state index in [2.05, 4.69) is 6.92 Å². The summed E-state index contributed by atoms with van der Waals surface area (Å²) in [5, 5.41) is 0. The summed E-state index contributed by atoms with van der Waals surface area (Å²) in [4.78, 5) is 11.1. The molecule has 0 radical (unpaired) electrons. The monoisotopic (exact) mass is 208 g/mol. The number of aldehydes is 1. The summed E-state index contributed by atoms with van der Waals surface area (Å²) in [5.41, 5.74) is 0. The first-order chi connectivity index (χ1) is 7.31. The van der Waals surface area contributed by atoms with E-state index in [0.717, 1.165) is 17.8 Å². The molecule has 0 bridgehead atoms. The highest BCUT2D eigenvalue weighted by Gasteiger charge is 2.33. The van der Waals surface area contributed by atoms with Gasteiger partial charge in [-0.2, -0.15) is 0 Å². The van der Waals surface area contributed by atoms with Crippen LogP contribution in [0.25, 0.3) is 0 Å². The lowest BCUT2D eigenvalue weighted by Gasteiger charge is -2.38. The summed E-state index contributed by atoms with van der Waals surface area (Å²) in [6.07, 6.45) is 11.9. The Morgan fingerprint density at radius 3 is 2.27 bits per heavy atom. The Morgan fingerprint density at radius 1 is 0.933 bits per heavy atom. The van der Waals surface area contributed by atoms with Crippen LogP contribution in [-0.4, -0.2) is 6.29 Å². The molecule has 0 aliphatic heterocycles. The summed E-state index contributed by atoms with van der Waals surface area (Å²) in [7, 11) is 0. The van der Waals surface area contributed by atoms with Crippen molar-refractivity contribution in [1.29, 1.82) is 0 Å². The van der Waals surface area contributed by atoms with Gasteiger partial charge >= 0.3 is 0 Å². The average Bonchev–Trinajstić information content (AvgIpc) is 2.30. The number of carbonyl (C=O) groups excluding carboxylic acids is 1. The topological polar surface area (TPSA) is 17.1 Å². The maximum absolute atomic E-state index is 11.1. The zero-order valence-corrected chi connectivity index (χ0v) is 9.95. The fraction of sp³-hybridized carbons (Fsp3) is 0.929. The second-order valence-electron chi connectivity index (χ2n) is 5.77. The second-order valence-corrected chi connectivity index (χ2v) is 5.77. The molecular formula is C14H24O. The van der Waals surface area contributed by atoms with Gasteiger partial charge in [-0.3, -0.25) is 0 Å². The highest BCUT2D eigenvalue weighted by Crippen LogP contribution is 2.41. The fourth-order valence-electron chi connectivity index (χ4n) is 3.66. The molecule has 15 heavy (non-hydrogen) atoms. The van der Waals surface area contributed by atoms with Crippen molar-refractivity contribution in [2.75, 3.05) is 0 Å². The van der Waals surface area contributed by atoms with E-state index in [-0.39, 0.29) is 0 Å². The van der Waals surface area contributed by atoms with E-state index in [0.29, 0.717) is 5.92 Å². The van der Waals surface area contributed by atoms with Gasteiger partial charge in [0.2, 0.25) is 0 Å². The molecule has 2 fully saturated rings. The molecule has 0 amide bonds. The molecule has 2 aliphatic carbocycles. The number of hydrogen-bond acceptors (Lipinski definition) is 1. The van der Waals surface area contributed by atoms with Crippen molar-refractivity contribution in [3.63, 3.8) is 0 Å². The van der Waals surface area contributed by atoms with Crippen LogP contribution in [0.15, 0.2) is 0 Å². The predicted molar refractivity (Wildman–Crippen MR) is 62.6 cm³/mol. The normalized spacial score (nSPS) is 42.5. The van der Waals surface area contributed by atoms with Gasteiger partial charge in [-0.25, -0.2) is 0 Å². The smallest absolute Gasteiger partial charge is 0.123 e. The van der Waals surface area contributed by atoms with Crippen molar-refractivity contribution >= 4 is 6.29 Å². The molecule has 0 saturated heterocycles. The van der Waals surface area contributed by atoms with Crippen molar-refractivity contribution in [2.45, 2.75) is 58.3 Å². The van der Waals surface area contributed by atoms with E-state index in [4.69, 9.17) is 0 Å². The molecule has 2 rings (SSSR count). The van der Waals surface area contributed by atoms with Gasteiger partial charge < -0.3 is 4.79 Å². The first-order valence-electron chi connectivity index (χ1n) is 6.76. The third-order valence-electron chi connectivity index (χ3n) is 4.72. The zero-order chi connectivity index (χ0) is 10.7. The fourth-order valence-corrected chi connectivity index (χ4v) is 3.66. The van der Waals surface area contributed by atoms with E-state index >= 15 is 0 Å². The molecule has 0 heterocycles. The second kappa shape index (κ2) is 5.14. The van der Waals surface area contributed by atoms with E-state index < -0.39 is 0 Å². The van der Waals surface area contributed by atoms with Crippen LogP contribution in [0.5, 0.6) is 0 Å². The Balaban J connectivity index is 1.92. The standard InChI is InChI=1S/C14H24O/c1-11-6-8-12(9-7-11)14-5-3-2-4-13(14)10-15/h10-14H,2-9H2,1H3. The van der Waals surface area contributed by atoms with Gasteiger partial charge in [-0.1, -0.05) is 32.6 Å². The van der Waals surface area contributed by atoms with E-state index in [9.17, 15) is 4.79 Å². The third-order valence-corrected chi connectivity index (χ3v) is 4.72. The molecular weight excluding hydrogens is 184 g/mol. The van der Waals surface area contributed by atoms with Crippen LogP contribution in [-0.2, 0) is 4.79 Å². The van der Waals surface area contributed by atoms with Gasteiger partial charge in [0.05, 0.1) is 0 Å². The maximum atomic E-state index is 11.1. The van der Waals surface area contributed by atoms with Crippen molar-refractivity contribution < 1.29 is 4.79 Å². The van der Waals surface area contributed by atoms with Crippen LogP contribution in [0.4, 0.5) is 0 Å². The minimum absolute atomic E-state index is 0.400.